The Labute approximate surface area is 96.6 Å². The minimum atomic E-state index is 0.718. The lowest BCUT2D eigenvalue weighted by atomic mass is 10.2. The van der Waals surface area contributed by atoms with E-state index in [1.54, 1.807) is 0 Å². The van der Waals surface area contributed by atoms with Crippen LogP contribution in [0.5, 0.6) is 0 Å². The molecule has 0 saturated heterocycles. The number of alkyl halides is 1. The molecule has 0 aromatic heterocycles. The number of rotatable bonds is 8. The highest BCUT2D eigenvalue weighted by atomic mass is 127. The molecule has 1 atom stereocenters. The van der Waals surface area contributed by atoms with Crippen LogP contribution >= 0.6 is 22.6 Å². The molecular formula is C10H23IN2. The molecular weight excluding hydrogens is 275 g/mol. The van der Waals surface area contributed by atoms with E-state index in [1.807, 2.05) is 0 Å². The summed E-state index contributed by atoms with van der Waals surface area (Å²) in [4.78, 5) is 2.34. The third-order valence-corrected chi connectivity index (χ3v) is 3.35. The highest BCUT2D eigenvalue weighted by Gasteiger charge is 2.04. The van der Waals surface area contributed by atoms with Crippen molar-refractivity contribution in [2.45, 2.75) is 32.7 Å². The fraction of sp³-hybridized carbons (Fsp3) is 1.00. The first kappa shape index (κ1) is 13.7. The molecule has 0 radical (unpaired) electrons. The normalized spacial score (nSPS) is 13.6. The van der Waals surface area contributed by atoms with Crippen molar-refractivity contribution in [2.75, 3.05) is 31.1 Å². The van der Waals surface area contributed by atoms with Gasteiger partial charge in [0, 0.05) is 23.6 Å². The molecule has 0 spiro atoms. The van der Waals surface area contributed by atoms with Crippen molar-refractivity contribution in [3.63, 3.8) is 0 Å². The third kappa shape index (κ3) is 7.70. The van der Waals surface area contributed by atoms with Gasteiger partial charge in [-0.1, -0.05) is 42.9 Å². The van der Waals surface area contributed by atoms with Gasteiger partial charge in [-0.3, -0.25) is 0 Å². The lowest BCUT2D eigenvalue weighted by molar-refractivity contribution is 0.340. The summed E-state index contributed by atoms with van der Waals surface area (Å²) in [5, 5.41) is 3.59. The summed E-state index contributed by atoms with van der Waals surface area (Å²) < 4.78 is 1.22. The molecule has 1 N–H and O–H groups in total. The molecule has 0 aliphatic rings. The van der Waals surface area contributed by atoms with Crippen LogP contribution in [-0.2, 0) is 0 Å². The molecule has 0 bridgehead atoms. The molecule has 0 saturated carbocycles. The summed E-state index contributed by atoms with van der Waals surface area (Å²) in [7, 11) is 2.17. The van der Waals surface area contributed by atoms with Crippen LogP contribution in [0.4, 0.5) is 0 Å². The molecule has 1 unspecified atom stereocenters. The van der Waals surface area contributed by atoms with E-state index in [-0.39, 0.29) is 0 Å². The van der Waals surface area contributed by atoms with Gasteiger partial charge in [-0.2, -0.15) is 0 Å². The number of hydrogen-bond donors (Lipinski definition) is 1. The Bertz CT molecular complexity index is 109. The number of halogens is 1. The van der Waals surface area contributed by atoms with Crippen LogP contribution in [0.25, 0.3) is 0 Å². The highest BCUT2D eigenvalue weighted by molar-refractivity contribution is 14.1. The van der Waals surface area contributed by atoms with Gasteiger partial charge in [0.1, 0.15) is 0 Å². The zero-order valence-electron chi connectivity index (χ0n) is 9.15. The molecule has 0 aliphatic carbocycles. The largest absolute Gasteiger partial charge is 0.312 e. The van der Waals surface area contributed by atoms with E-state index >= 15 is 0 Å². The van der Waals surface area contributed by atoms with Crippen molar-refractivity contribution in [1.29, 1.82) is 0 Å². The highest BCUT2D eigenvalue weighted by Crippen LogP contribution is 2.00. The first-order valence-corrected chi connectivity index (χ1v) is 6.75. The van der Waals surface area contributed by atoms with Gasteiger partial charge in [0.15, 0.2) is 0 Å². The van der Waals surface area contributed by atoms with Crippen molar-refractivity contribution in [1.82, 2.24) is 10.2 Å². The number of nitrogens with one attached hydrogen (secondary N) is 1. The Hall–Kier alpha value is 0.650. The van der Waals surface area contributed by atoms with Crippen LogP contribution in [0.1, 0.15) is 26.7 Å². The Morgan fingerprint density at radius 2 is 2.08 bits per heavy atom. The van der Waals surface area contributed by atoms with E-state index in [0.29, 0.717) is 0 Å². The summed E-state index contributed by atoms with van der Waals surface area (Å²) in [6, 6.07) is 0.718. The van der Waals surface area contributed by atoms with E-state index in [4.69, 9.17) is 0 Å². The molecule has 0 aliphatic heterocycles. The van der Waals surface area contributed by atoms with Crippen LogP contribution in [0.2, 0.25) is 0 Å². The van der Waals surface area contributed by atoms with Crippen molar-refractivity contribution >= 4 is 22.6 Å². The monoisotopic (exact) mass is 298 g/mol. The van der Waals surface area contributed by atoms with E-state index in [0.717, 1.165) is 25.7 Å². The van der Waals surface area contributed by atoms with Crippen LogP contribution in [0.3, 0.4) is 0 Å². The maximum absolute atomic E-state index is 3.59. The molecule has 0 amide bonds. The van der Waals surface area contributed by atoms with E-state index in [2.05, 4.69) is 53.7 Å². The average Bonchev–Trinajstić information content (AvgIpc) is 2.16. The van der Waals surface area contributed by atoms with E-state index < -0.39 is 0 Å². The molecule has 0 aromatic carbocycles. The molecule has 0 rings (SSSR count). The molecule has 0 aromatic rings. The lowest BCUT2D eigenvalue weighted by Gasteiger charge is -2.18. The van der Waals surface area contributed by atoms with Crippen molar-refractivity contribution < 1.29 is 0 Å². The fourth-order valence-electron chi connectivity index (χ4n) is 1.20. The number of hydrogen-bond acceptors (Lipinski definition) is 2. The van der Waals surface area contributed by atoms with Gasteiger partial charge in [-0.25, -0.2) is 0 Å². The van der Waals surface area contributed by atoms with Gasteiger partial charge in [0.05, 0.1) is 0 Å². The van der Waals surface area contributed by atoms with Crippen LogP contribution in [-0.4, -0.2) is 42.1 Å². The van der Waals surface area contributed by atoms with Crippen LogP contribution < -0.4 is 5.32 Å². The van der Waals surface area contributed by atoms with Crippen LogP contribution in [0, 0.1) is 0 Å². The molecule has 0 fully saturated rings. The maximum Gasteiger partial charge on any atom is 0.0157 e. The third-order valence-electron chi connectivity index (χ3n) is 2.29. The predicted molar refractivity (Wildman–Crippen MR) is 68.8 cm³/mol. The van der Waals surface area contributed by atoms with Crippen molar-refractivity contribution in [2.24, 2.45) is 0 Å². The Kier molecular flexibility index (Phi) is 9.68. The minimum Gasteiger partial charge on any atom is -0.312 e. The summed E-state index contributed by atoms with van der Waals surface area (Å²) in [5.41, 5.74) is 0. The summed E-state index contributed by atoms with van der Waals surface area (Å²) >= 11 is 2.46. The second-order valence-corrected chi connectivity index (χ2v) is 4.37. The van der Waals surface area contributed by atoms with Gasteiger partial charge in [0.25, 0.3) is 0 Å². The second kappa shape index (κ2) is 9.21. The molecule has 0 heterocycles. The Morgan fingerprint density at radius 3 is 2.54 bits per heavy atom. The van der Waals surface area contributed by atoms with Gasteiger partial charge >= 0.3 is 0 Å². The SMILES string of the molecule is CCCC(CI)NCCN(C)CC. The van der Waals surface area contributed by atoms with Gasteiger partial charge in [0.2, 0.25) is 0 Å². The number of nitrogens with zero attached hydrogens (tertiary/aromatic N) is 1. The lowest BCUT2D eigenvalue weighted by Crippen LogP contribution is -2.36. The first-order valence-electron chi connectivity index (χ1n) is 5.22. The smallest absolute Gasteiger partial charge is 0.0157 e. The summed E-state index contributed by atoms with van der Waals surface area (Å²) in [5.74, 6) is 0. The molecule has 13 heavy (non-hydrogen) atoms. The summed E-state index contributed by atoms with van der Waals surface area (Å²) in [6.45, 7) is 7.87. The predicted octanol–water partition coefficient (Wildman–Crippen LogP) is 2.13. The molecule has 80 valence electrons. The zero-order chi connectivity index (χ0) is 10.1. The fourth-order valence-corrected chi connectivity index (χ4v) is 1.95. The maximum atomic E-state index is 3.59. The second-order valence-electron chi connectivity index (χ2n) is 3.49. The Balaban J connectivity index is 3.37. The van der Waals surface area contributed by atoms with Crippen molar-refractivity contribution in [3.05, 3.63) is 0 Å². The van der Waals surface area contributed by atoms with Crippen molar-refractivity contribution in [3.8, 4) is 0 Å². The van der Waals surface area contributed by atoms with E-state index in [9.17, 15) is 0 Å². The van der Waals surface area contributed by atoms with Gasteiger partial charge in [-0.05, 0) is 20.0 Å². The van der Waals surface area contributed by atoms with E-state index in [1.165, 1.54) is 17.3 Å². The standard InChI is InChI=1S/C10H23IN2/c1-4-6-10(9-11)12-7-8-13(3)5-2/h10,12H,4-9H2,1-3H3. The number of likely N-dealkylation sites (N-methyl/N-ethyl adjacent to an activating group) is 1. The van der Waals surface area contributed by atoms with Gasteiger partial charge < -0.3 is 10.2 Å². The molecule has 2 nitrogen and oxygen atoms in total. The minimum absolute atomic E-state index is 0.718. The first-order chi connectivity index (χ1) is 6.24. The summed E-state index contributed by atoms with van der Waals surface area (Å²) in [6.07, 6.45) is 2.59. The van der Waals surface area contributed by atoms with Crippen LogP contribution in [0.15, 0.2) is 0 Å². The quantitative estimate of drug-likeness (QED) is 0.545. The topological polar surface area (TPSA) is 15.3 Å². The average molecular weight is 298 g/mol. The molecule has 3 heteroatoms. The van der Waals surface area contributed by atoms with Gasteiger partial charge in [-0.15, -0.1) is 0 Å². The zero-order valence-corrected chi connectivity index (χ0v) is 11.3. The Morgan fingerprint density at radius 1 is 1.38 bits per heavy atom.